The molecule has 22 heavy (non-hydrogen) atoms. The molecule has 2 rings (SSSR count). The van der Waals surface area contributed by atoms with Crippen LogP contribution >= 0.6 is 0 Å². The number of ether oxygens (including phenoxy) is 2. The number of fused-ring (bicyclic) bond motifs is 1. The van der Waals surface area contributed by atoms with Crippen molar-refractivity contribution >= 4 is 21.1 Å². The van der Waals surface area contributed by atoms with Crippen molar-refractivity contribution in [1.82, 2.24) is 0 Å². The monoisotopic (exact) mass is 328 g/mol. The molecule has 0 spiro atoms. The highest BCUT2D eigenvalue weighted by atomic mass is 32.2. The van der Waals surface area contributed by atoms with E-state index in [0.29, 0.717) is 23.1 Å². The minimum absolute atomic E-state index is 0.00836. The van der Waals surface area contributed by atoms with Gasteiger partial charge in [0.1, 0.15) is 11.3 Å². The van der Waals surface area contributed by atoms with Gasteiger partial charge in [-0.3, -0.25) is 4.18 Å². The van der Waals surface area contributed by atoms with Crippen molar-refractivity contribution in [3.8, 4) is 11.5 Å². The third kappa shape index (κ3) is 4.47. The zero-order valence-electron chi connectivity index (χ0n) is 12.2. The molecule has 8 heteroatoms. The Hall–Kier alpha value is -2.06. The average Bonchev–Trinajstić information content (AvgIpc) is 2.45. The van der Waals surface area contributed by atoms with Gasteiger partial charge in [0.05, 0.1) is 26.6 Å². The number of benzene rings is 1. The molecule has 2 aromatic rings. The van der Waals surface area contributed by atoms with E-state index < -0.39 is 15.7 Å². The minimum atomic E-state index is -3.46. The number of hydrogen-bond acceptors (Lipinski definition) is 7. The summed E-state index contributed by atoms with van der Waals surface area (Å²) in [5.74, 6) is 0.689. The molecule has 0 atom stereocenters. The van der Waals surface area contributed by atoms with Crippen LogP contribution in [-0.4, -0.2) is 35.0 Å². The molecule has 0 radical (unpaired) electrons. The lowest BCUT2D eigenvalue weighted by molar-refractivity contribution is 0.246. The van der Waals surface area contributed by atoms with Crippen LogP contribution in [0.1, 0.15) is 6.42 Å². The molecule has 0 bridgehead atoms. The van der Waals surface area contributed by atoms with Gasteiger partial charge in [-0.15, -0.1) is 0 Å². The second kappa shape index (κ2) is 6.80. The molecule has 7 nitrogen and oxygen atoms in total. The topological polar surface area (TPSA) is 92.0 Å². The van der Waals surface area contributed by atoms with Gasteiger partial charge in [-0.2, -0.15) is 8.42 Å². The Balaban J connectivity index is 2.04. The summed E-state index contributed by atoms with van der Waals surface area (Å²) < 4.78 is 41.7. The van der Waals surface area contributed by atoms with Crippen LogP contribution in [0.2, 0.25) is 0 Å². The Kier molecular flexibility index (Phi) is 5.04. The van der Waals surface area contributed by atoms with Crippen molar-refractivity contribution in [1.29, 1.82) is 0 Å². The summed E-state index contributed by atoms with van der Waals surface area (Å²) in [7, 11) is -1.92. The maximum absolute atomic E-state index is 11.8. The Labute approximate surface area is 127 Å². The van der Waals surface area contributed by atoms with E-state index in [9.17, 15) is 13.2 Å². The summed E-state index contributed by atoms with van der Waals surface area (Å²) in [6, 6.07) is 6.60. The summed E-state index contributed by atoms with van der Waals surface area (Å²) in [5, 5.41) is 0.668. The molecule has 1 aromatic heterocycles. The first-order valence-corrected chi connectivity index (χ1v) is 8.30. The van der Waals surface area contributed by atoms with E-state index in [0.717, 1.165) is 6.26 Å². The van der Waals surface area contributed by atoms with Crippen LogP contribution in [-0.2, 0) is 14.3 Å². The molecule has 0 unspecified atom stereocenters. The molecular weight excluding hydrogens is 312 g/mol. The maximum atomic E-state index is 11.8. The van der Waals surface area contributed by atoms with Crippen LogP contribution in [0.5, 0.6) is 11.5 Å². The van der Waals surface area contributed by atoms with Crippen molar-refractivity contribution in [3.05, 3.63) is 34.7 Å². The molecule has 0 N–H and O–H groups in total. The first-order chi connectivity index (χ1) is 10.4. The highest BCUT2D eigenvalue weighted by Gasteiger charge is 2.08. The van der Waals surface area contributed by atoms with Gasteiger partial charge in [0.15, 0.2) is 0 Å². The standard InChI is InChI=1S/C14H16O7S/c1-18-11-4-5-12-10(8-11)9-13(14(15)21-12)19-6-3-7-20-22(2,16)17/h4-5,8-9H,3,6-7H2,1-2H3. The van der Waals surface area contributed by atoms with E-state index in [-0.39, 0.29) is 19.0 Å². The van der Waals surface area contributed by atoms with Gasteiger partial charge in [0.2, 0.25) is 5.75 Å². The Morgan fingerprint density at radius 2 is 1.95 bits per heavy atom. The lowest BCUT2D eigenvalue weighted by Gasteiger charge is -2.06. The normalized spacial score (nSPS) is 11.5. The Morgan fingerprint density at radius 1 is 1.18 bits per heavy atom. The van der Waals surface area contributed by atoms with Crippen LogP contribution in [0.3, 0.4) is 0 Å². The summed E-state index contributed by atoms with van der Waals surface area (Å²) in [4.78, 5) is 11.8. The molecule has 1 aromatic carbocycles. The molecule has 0 aliphatic carbocycles. The zero-order valence-corrected chi connectivity index (χ0v) is 13.0. The van der Waals surface area contributed by atoms with Crippen LogP contribution in [0, 0.1) is 0 Å². The molecule has 120 valence electrons. The second-order valence-electron chi connectivity index (χ2n) is 4.53. The summed E-state index contributed by atoms with van der Waals surface area (Å²) in [5.41, 5.74) is -0.166. The predicted molar refractivity (Wildman–Crippen MR) is 79.9 cm³/mol. The van der Waals surface area contributed by atoms with E-state index in [1.807, 2.05) is 0 Å². The van der Waals surface area contributed by atoms with Crippen LogP contribution in [0.15, 0.2) is 33.5 Å². The molecule has 0 fully saturated rings. The lowest BCUT2D eigenvalue weighted by Crippen LogP contribution is -2.11. The molecule has 0 saturated heterocycles. The number of methoxy groups -OCH3 is 1. The van der Waals surface area contributed by atoms with Crippen molar-refractivity contribution < 1.29 is 26.5 Å². The highest BCUT2D eigenvalue weighted by molar-refractivity contribution is 7.85. The van der Waals surface area contributed by atoms with E-state index in [1.165, 1.54) is 0 Å². The summed E-state index contributed by atoms with van der Waals surface area (Å²) in [6.07, 6.45) is 1.29. The zero-order chi connectivity index (χ0) is 16.2. The van der Waals surface area contributed by atoms with E-state index in [4.69, 9.17) is 13.9 Å². The smallest absolute Gasteiger partial charge is 0.379 e. The van der Waals surface area contributed by atoms with Gasteiger partial charge in [-0.1, -0.05) is 0 Å². The minimum Gasteiger partial charge on any atom is -0.497 e. The first kappa shape index (κ1) is 16.3. The van der Waals surface area contributed by atoms with Gasteiger partial charge < -0.3 is 13.9 Å². The maximum Gasteiger partial charge on any atom is 0.379 e. The van der Waals surface area contributed by atoms with E-state index in [1.54, 1.807) is 31.4 Å². The summed E-state index contributed by atoms with van der Waals surface area (Å²) >= 11 is 0. The number of hydrogen-bond donors (Lipinski definition) is 0. The fourth-order valence-electron chi connectivity index (χ4n) is 1.76. The SMILES string of the molecule is COc1ccc2oc(=O)c(OCCCOS(C)(=O)=O)cc2c1. The van der Waals surface area contributed by atoms with Crippen molar-refractivity contribution in [2.24, 2.45) is 0 Å². The van der Waals surface area contributed by atoms with Gasteiger partial charge in [0.25, 0.3) is 10.1 Å². The lowest BCUT2D eigenvalue weighted by atomic mass is 10.2. The number of rotatable bonds is 7. The Bertz CT molecular complexity index is 808. The fourth-order valence-corrected chi connectivity index (χ4v) is 2.18. The second-order valence-corrected chi connectivity index (χ2v) is 6.17. The fraction of sp³-hybridized carbons (Fsp3) is 0.357. The quantitative estimate of drug-likeness (QED) is 0.432. The van der Waals surface area contributed by atoms with Crippen LogP contribution < -0.4 is 15.1 Å². The molecule has 1 heterocycles. The molecule has 0 saturated carbocycles. The van der Waals surface area contributed by atoms with Gasteiger partial charge in [-0.25, -0.2) is 4.79 Å². The largest absolute Gasteiger partial charge is 0.497 e. The summed E-state index contributed by atoms with van der Waals surface area (Å²) in [6.45, 7) is 0.126. The van der Waals surface area contributed by atoms with Crippen LogP contribution in [0.25, 0.3) is 11.0 Å². The third-order valence-electron chi connectivity index (χ3n) is 2.75. The average molecular weight is 328 g/mol. The first-order valence-electron chi connectivity index (χ1n) is 6.48. The van der Waals surface area contributed by atoms with Crippen molar-refractivity contribution in [2.45, 2.75) is 6.42 Å². The highest BCUT2D eigenvalue weighted by Crippen LogP contribution is 2.22. The van der Waals surface area contributed by atoms with Gasteiger partial charge >= 0.3 is 5.63 Å². The van der Waals surface area contributed by atoms with Gasteiger partial charge in [0, 0.05) is 11.8 Å². The van der Waals surface area contributed by atoms with Gasteiger partial charge in [-0.05, 0) is 24.3 Å². The molecular formula is C14H16O7S. The van der Waals surface area contributed by atoms with Crippen LogP contribution in [0.4, 0.5) is 0 Å². The van der Waals surface area contributed by atoms with Crippen molar-refractivity contribution in [3.63, 3.8) is 0 Å². The van der Waals surface area contributed by atoms with E-state index >= 15 is 0 Å². The molecule has 0 amide bonds. The Morgan fingerprint density at radius 3 is 2.64 bits per heavy atom. The van der Waals surface area contributed by atoms with Crippen molar-refractivity contribution in [2.75, 3.05) is 26.6 Å². The van der Waals surface area contributed by atoms with E-state index in [2.05, 4.69) is 4.18 Å². The molecule has 0 aliphatic rings. The molecule has 0 aliphatic heterocycles. The third-order valence-corrected chi connectivity index (χ3v) is 3.35. The predicted octanol–water partition coefficient (Wildman–Crippen LogP) is 1.55.